The van der Waals surface area contributed by atoms with Gasteiger partial charge in [-0.1, -0.05) is 50.4 Å². The summed E-state index contributed by atoms with van der Waals surface area (Å²) in [5.41, 5.74) is 1.41. The maximum absolute atomic E-state index is 6.13. The van der Waals surface area contributed by atoms with Crippen molar-refractivity contribution in [3.05, 3.63) is 34.9 Å². The average molecular weight is 266 g/mol. The van der Waals surface area contributed by atoms with E-state index in [9.17, 15) is 0 Å². The first-order chi connectivity index (χ1) is 8.72. The average Bonchev–Trinajstić information content (AvgIpc) is 2.39. The maximum Gasteiger partial charge on any atom is 0.0408 e. The van der Waals surface area contributed by atoms with Crippen molar-refractivity contribution in [2.24, 2.45) is 11.8 Å². The molecule has 1 heterocycles. The van der Waals surface area contributed by atoms with Crippen LogP contribution in [-0.2, 0) is 0 Å². The van der Waals surface area contributed by atoms with E-state index in [2.05, 4.69) is 37.4 Å². The molecule has 1 aliphatic heterocycles. The van der Waals surface area contributed by atoms with Crippen molar-refractivity contribution in [2.75, 3.05) is 13.1 Å². The number of benzene rings is 1. The van der Waals surface area contributed by atoms with E-state index in [1.807, 2.05) is 6.07 Å². The van der Waals surface area contributed by atoms with E-state index in [-0.39, 0.29) is 0 Å². The van der Waals surface area contributed by atoms with Crippen molar-refractivity contribution >= 4 is 11.6 Å². The largest absolute Gasteiger partial charge is 0.316 e. The van der Waals surface area contributed by atoms with E-state index < -0.39 is 0 Å². The molecule has 0 spiro atoms. The Hall–Kier alpha value is -0.530. The van der Waals surface area contributed by atoms with E-state index in [1.54, 1.807) is 0 Å². The lowest BCUT2D eigenvalue weighted by molar-refractivity contribution is 0.227. The van der Waals surface area contributed by atoms with Crippen LogP contribution >= 0.6 is 11.6 Å². The third-order valence-corrected chi connectivity index (χ3v) is 4.52. The molecule has 18 heavy (non-hydrogen) atoms. The summed E-state index contributed by atoms with van der Waals surface area (Å²) < 4.78 is 0. The summed E-state index contributed by atoms with van der Waals surface area (Å²) >= 11 is 6.13. The van der Waals surface area contributed by atoms with Crippen molar-refractivity contribution < 1.29 is 0 Å². The van der Waals surface area contributed by atoms with Crippen LogP contribution in [0.4, 0.5) is 0 Å². The molecule has 0 aliphatic carbocycles. The highest BCUT2D eigenvalue weighted by Crippen LogP contribution is 2.37. The molecule has 1 aromatic carbocycles. The highest BCUT2D eigenvalue weighted by atomic mass is 35.5. The van der Waals surface area contributed by atoms with Crippen LogP contribution in [0.15, 0.2) is 24.3 Å². The Morgan fingerprint density at radius 1 is 1.44 bits per heavy atom. The van der Waals surface area contributed by atoms with Crippen LogP contribution in [0.2, 0.25) is 5.02 Å². The van der Waals surface area contributed by atoms with Gasteiger partial charge in [0.05, 0.1) is 0 Å². The van der Waals surface area contributed by atoms with Crippen molar-refractivity contribution in [3.63, 3.8) is 0 Å². The molecule has 1 nitrogen and oxygen atoms in total. The van der Waals surface area contributed by atoms with Gasteiger partial charge < -0.3 is 5.32 Å². The number of hydrogen-bond donors (Lipinski definition) is 1. The smallest absolute Gasteiger partial charge is 0.0408 e. The van der Waals surface area contributed by atoms with E-state index in [4.69, 9.17) is 11.6 Å². The molecular formula is C16H24ClN. The Morgan fingerprint density at radius 2 is 2.28 bits per heavy atom. The predicted octanol–water partition coefficient (Wildman–Crippen LogP) is 4.47. The number of nitrogens with one attached hydrogen (secondary N) is 1. The molecule has 1 fully saturated rings. The van der Waals surface area contributed by atoms with E-state index >= 15 is 0 Å². The Kier molecular flexibility index (Phi) is 5.08. The van der Waals surface area contributed by atoms with E-state index in [0.29, 0.717) is 5.92 Å². The van der Waals surface area contributed by atoms with E-state index in [1.165, 1.54) is 24.8 Å². The molecule has 0 bridgehead atoms. The molecule has 1 saturated heterocycles. The first-order valence-electron chi connectivity index (χ1n) is 7.18. The molecule has 3 unspecified atom stereocenters. The Balaban J connectivity index is 2.17. The lowest BCUT2D eigenvalue weighted by Crippen LogP contribution is -2.37. The number of rotatable bonds is 4. The summed E-state index contributed by atoms with van der Waals surface area (Å²) in [4.78, 5) is 0. The van der Waals surface area contributed by atoms with Gasteiger partial charge in [-0.3, -0.25) is 0 Å². The quantitative estimate of drug-likeness (QED) is 0.847. The van der Waals surface area contributed by atoms with Crippen LogP contribution in [0.5, 0.6) is 0 Å². The molecule has 100 valence electrons. The highest BCUT2D eigenvalue weighted by molar-refractivity contribution is 6.30. The molecule has 2 rings (SSSR count). The predicted molar refractivity (Wildman–Crippen MR) is 79.2 cm³/mol. The summed E-state index contributed by atoms with van der Waals surface area (Å²) in [6, 6.07) is 8.42. The summed E-state index contributed by atoms with van der Waals surface area (Å²) in [6.07, 6.45) is 3.91. The third kappa shape index (κ3) is 3.27. The van der Waals surface area contributed by atoms with Gasteiger partial charge in [-0.15, -0.1) is 0 Å². The molecule has 0 saturated carbocycles. The minimum atomic E-state index is 0.624. The normalized spacial score (nSPS) is 25.9. The molecule has 0 amide bonds. The Morgan fingerprint density at radius 3 is 3.00 bits per heavy atom. The van der Waals surface area contributed by atoms with Crippen LogP contribution < -0.4 is 5.32 Å². The van der Waals surface area contributed by atoms with Crippen LogP contribution in [0.25, 0.3) is 0 Å². The van der Waals surface area contributed by atoms with Gasteiger partial charge in [0.2, 0.25) is 0 Å². The van der Waals surface area contributed by atoms with Crippen LogP contribution in [0.3, 0.4) is 0 Å². The summed E-state index contributed by atoms with van der Waals surface area (Å²) in [5, 5.41) is 4.40. The zero-order valence-corrected chi connectivity index (χ0v) is 12.2. The second-order valence-electron chi connectivity index (χ2n) is 5.58. The maximum atomic E-state index is 6.13. The number of hydrogen-bond acceptors (Lipinski definition) is 1. The number of halogens is 1. The first kappa shape index (κ1) is 13.9. The minimum Gasteiger partial charge on any atom is -0.316 e. The SMILES string of the molecule is CCCC(C)C1CCNCC1c1cccc(Cl)c1. The molecule has 1 aliphatic rings. The fourth-order valence-corrected chi connectivity index (χ4v) is 3.53. The fourth-order valence-electron chi connectivity index (χ4n) is 3.33. The Bertz CT molecular complexity index is 377. The summed E-state index contributed by atoms with van der Waals surface area (Å²) in [5.74, 6) is 2.23. The summed E-state index contributed by atoms with van der Waals surface area (Å²) in [6.45, 7) is 6.96. The van der Waals surface area contributed by atoms with Gasteiger partial charge in [0.1, 0.15) is 0 Å². The standard InChI is InChI=1S/C16H24ClN/c1-3-5-12(2)15-8-9-18-11-16(15)13-6-4-7-14(17)10-13/h4,6-7,10,12,15-16,18H,3,5,8-9,11H2,1-2H3. The molecule has 2 heteroatoms. The van der Waals surface area contributed by atoms with E-state index in [0.717, 1.165) is 29.9 Å². The van der Waals surface area contributed by atoms with Crippen LogP contribution in [-0.4, -0.2) is 13.1 Å². The fraction of sp³-hybridized carbons (Fsp3) is 0.625. The zero-order chi connectivity index (χ0) is 13.0. The van der Waals surface area contributed by atoms with Crippen molar-refractivity contribution in [3.8, 4) is 0 Å². The second kappa shape index (κ2) is 6.58. The lowest BCUT2D eigenvalue weighted by Gasteiger charge is -2.36. The Labute approximate surface area is 116 Å². The molecule has 1 N–H and O–H groups in total. The van der Waals surface area contributed by atoms with Gasteiger partial charge in [0.25, 0.3) is 0 Å². The van der Waals surface area contributed by atoms with Gasteiger partial charge >= 0.3 is 0 Å². The number of piperidine rings is 1. The zero-order valence-electron chi connectivity index (χ0n) is 11.5. The third-order valence-electron chi connectivity index (χ3n) is 4.29. The van der Waals surface area contributed by atoms with Gasteiger partial charge in [-0.2, -0.15) is 0 Å². The summed E-state index contributed by atoms with van der Waals surface area (Å²) in [7, 11) is 0. The lowest BCUT2D eigenvalue weighted by atomic mass is 9.73. The molecule has 0 radical (unpaired) electrons. The highest BCUT2D eigenvalue weighted by Gasteiger charge is 2.30. The van der Waals surface area contributed by atoms with Gasteiger partial charge in [-0.05, 0) is 48.4 Å². The van der Waals surface area contributed by atoms with Crippen LogP contribution in [0.1, 0.15) is 44.6 Å². The van der Waals surface area contributed by atoms with Gasteiger partial charge in [0.15, 0.2) is 0 Å². The van der Waals surface area contributed by atoms with Gasteiger partial charge in [-0.25, -0.2) is 0 Å². The second-order valence-corrected chi connectivity index (χ2v) is 6.02. The monoisotopic (exact) mass is 265 g/mol. The van der Waals surface area contributed by atoms with Gasteiger partial charge in [0, 0.05) is 11.6 Å². The first-order valence-corrected chi connectivity index (χ1v) is 7.56. The molecule has 1 aromatic rings. The molecule has 0 aromatic heterocycles. The molecule has 3 atom stereocenters. The van der Waals surface area contributed by atoms with Crippen molar-refractivity contribution in [1.29, 1.82) is 0 Å². The minimum absolute atomic E-state index is 0.624. The van der Waals surface area contributed by atoms with Crippen molar-refractivity contribution in [2.45, 2.75) is 39.0 Å². The van der Waals surface area contributed by atoms with Crippen molar-refractivity contribution in [1.82, 2.24) is 5.32 Å². The topological polar surface area (TPSA) is 12.0 Å². The molecular weight excluding hydrogens is 242 g/mol. The van der Waals surface area contributed by atoms with Crippen LogP contribution in [0, 0.1) is 11.8 Å².